The number of hydrogen-bond acceptors (Lipinski definition) is 5. The molecule has 0 saturated heterocycles. The van der Waals surface area contributed by atoms with E-state index in [0.29, 0.717) is 16.1 Å². The first-order chi connectivity index (χ1) is 7.88. The zero-order valence-corrected chi connectivity index (χ0v) is 12.3. The molecule has 0 unspecified atom stereocenters. The first-order valence-corrected chi connectivity index (χ1v) is 6.79. The van der Waals surface area contributed by atoms with E-state index in [9.17, 15) is 0 Å². The molecule has 0 aromatic carbocycles. The monoisotopic (exact) mass is 312 g/mol. The lowest BCUT2D eigenvalue weighted by atomic mass is 9.98. The minimum absolute atomic E-state index is 0.0455. The van der Waals surface area contributed by atoms with Crippen LogP contribution in [0.25, 0.3) is 11.5 Å². The van der Waals surface area contributed by atoms with Gasteiger partial charge in [-0.15, -0.1) is 11.3 Å². The highest BCUT2D eigenvalue weighted by Gasteiger charge is 2.19. The summed E-state index contributed by atoms with van der Waals surface area (Å²) in [6, 6.07) is 0. The van der Waals surface area contributed by atoms with Gasteiger partial charge in [0.2, 0.25) is 0 Å². The molecule has 2 rings (SSSR count). The van der Waals surface area contributed by atoms with Gasteiger partial charge in [0.15, 0.2) is 5.82 Å². The molecule has 2 aromatic heterocycles. The fourth-order valence-corrected chi connectivity index (χ4v) is 2.30. The maximum absolute atomic E-state index is 5.73. The van der Waals surface area contributed by atoms with Crippen LogP contribution in [0.4, 0.5) is 5.82 Å². The van der Waals surface area contributed by atoms with Crippen LogP contribution in [0.15, 0.2) is 16.0 Å². The van der Waals surface area contributed by atoms with E-state index < -0.39 is 0 Å². The third-order valence-electron chi connectivity index (χ3n) is 2.15. The summed E-state index contributed by atoms with van der Waals surface area (Å²) in [4.78, 5) is 13.0. The smallest absolute Gasteiger partial charge is 0.181 e. The van der Waals surface area contributed by atoms with Crippen LogP contribution >= 0.6 is 27.3 Å². The lowest BCUT2D eigenvalue weighted by Gasteiger charge is -2.13. The Balaban J connectivity index is 2.40. The fourth-order valence-electron chi connectivity index (χ4n) is 1.22. The Labute approximate surface area is 112 Å². The lowest BCUT2D eigenvalue weighted by molar-refractivity contribution is 0.586. The summed E-state index contributed by atoms with van der Waals surface area (Å²) < 4.78 is 0.701. The molecule has 0 atom stereocenters. The van der Waals surface area contributed by atoms with Gasteiger partial charge in [-0.25, -0.2) is 15.0 Å². The second kappa shape index (κ2) is 4.34. The molecule has 0 aliphatic heterocycles. The number of thiazole rings is 1. The van der Waals surface area contributed by atoms with Crippen molar-refractivity contribution in [2.24, 2.45) is 0 Å². The third kappa shape index (κ3) is 2.63. The molecule has 0 radical (unpaired) electrons. The molecule has 0 amide bonds. The van der Waals surface area contributed by atoms with E-state index in [0.717, 1.165) is 10.7 Å². The fraction of sp³-hybridized carbons (Fsp3) is 0.364. The minimum atomic E-state index is 0.0455. The summed E-state index contributed by atoms with van der Waals surface area (Å²) in [5.41, 5.74) is 6.55. The SMILES string of the molecule is CC(C)(C)c1nc(-c2ncc(Br)c(N)n2)cs1. The molecule has 90 valence electrons. The second-order valence-corrected chi connectivity index (χ2v) is 6.43. The highest BCUT2D eigenvalue weighted by Crippen LogP contribution is 2.29. The number of nitrogens with two attached hydrogens (primary N) is 1. The summed E-state index contributed by atoms with van der Waals surface area (Å²) in [6.45, 7) is 6.39. The number of aromatic nitrogens is 3. The van der Waals surface area contributed by atoms with E-state index in [1.54, 1.807) is 17.5 Å². The van der Waals surface area contributed by atoms with Gasteiger partial charge in [-0.05, 0) is 15.9 Å². The molecular weight excluding hydrogens is 300 g/mol. The zero-order valence-electron chi connectivity index (χ0n) is 9.86. The molecule has 0 spiro atoms. The van der Waals surface area contributed by atoms with E-state index >= 15 is 0 Å². The van der Waals surface area contributed by atoms with Gasteiger partial charge in [0.25, 0.3) is 0 Å². The molecular formula is C11H13BrN4S. The topological polar surface area (TPSA) is 64.7 Å². The number of nitrogens with zero attached hydrogens (tertiary/aromatic N) is 3. The van der Waals surface area contributed by atoms with E-state index in [1.807, 2.05) is 5.38 Å². The van der Waals surface area contributed by atoms with Crippen molar-refractivity contribution >= 4 is 33.1 Å². The summed E-state index contributed by atoms with van der Waals surface area (Å²) in [5, 5.41) is 3.03. The second-order valence-electron chi connectivity index (χ2n) is 4.71. The van der Waals surface area contributed by atoms with E-state index in [-0.39, 0.29) is 5.41 Å². The van der Waals surface area contributed by atoms with Crippen molar-refractivity contribution in [3.63, 3.8) is 0 Å². The van der Waals surface area contributed by atoms with Crippen LogP contribution in [0, 0.1) is 0 Å². The molecule has 2 aromatic rings. The molecule has 0 fully saturated rings. The Bertz CT molecular complexity index is 545. The standard InChI is InChI=1S/C11H13BrN4S/c1-11(2,3)10-15-7(5-17-10)9-14-4-6(12)8(13)16-9/h4-5H,1-3H3,(H2,13,14,16). The van der Waals surface area contributed by atoms with Crippen LogP contribution in [0.5, 0.6) is 0 Å². The van der Waals surface area contributed by atoms with Crippen molar-refractivity contribution in [2.45, 2.75) is 26.2 Å². The Morgan fingerprint density at radius 3 is 2.53 bits per heavy atom. The van der Waals surface area contributed by atoms with Crippen LogP contribution in [0.2, 0.25) is 0 Å². The predicted octanol–water partition coefficient (Wildman–Crippen LogP) is 3.24. The van der Waals surface area contributed by atoms with E-state index in [4.69, 9.17) is 5.73 Å². The van der Waals surface area contributed by atoms with Gasteiger partial charge in [-0.2, -0.15) is 0 Å². The minimum Gasteiger partial charge on any atom is -0.383 e. The van der Waals surface area contributed by atoms with E-state index in [2.05, 4.69) is 51.7 Å². The molecule has 0 bridgehead atoms. The first kappa shape index (κ1) is 12.4. The first-order valence-electron chi connectivity index (χ1n) is 5.12. The van der Waals surface area contributed by atoms with Crippen LogP contribution in [0.3, 0.4) is 0 Å². The molecule has 2 heterocycles. The van der Waals surface area contributed by atoms with Gasteiger partial charge in [0, 0.05) is 17.0 Å². The molecule has 17 heavy (non-hydrogen) atoms. The highest BCUT2D eigenvalue weighted by atomic mass is 79.9. The van der Waals surface area contributed by atoms with Crippen molar-refractivity contribution in [2.75, 3.05) is 5.73 Å². The normalized spacial score (nSPS) is 11.8. The highest BCUT2D eigenvalue weighted by molar-refractivity contribution is 9.10. The molecule has 0 aliphatic carbocycles. The zero-order chi connectivity index (χ0) is 12.6. The van der Waals surface area contributed by atoms with Crippen LogP contribution < -0.4 is 5.73 Å². The summed E-state index contributed by atoms with van der Waals surface area (Å²) in [6.07, 6.45) is 1.65. The van der Waals surface area contributed by atoms with Gasteiger partial charge >= 0.3 is 0 Å². The number of rotatable bonds is 1. The van der Waals surface area contributed by atoms with Gasteiger partial charge in [0.05, 0.1) is 9.48 Å². The summed E-state index contributed by atoms with van der Waals surface area (Å²) >= 11 is 4.89. The largest absolute Gasteiger partial charge is 0.383 e. The van der Waals surface area contributed by atoms with Gasteiger partial charge in [-0.3, -0.25) is 0 Å². The van der Waals surface area contributed by atoms with Crippen molar-refractivity contribution < 1.29 is 0 Å². The van der Waals surface area contributed by atoms with Crippen molar-refractivity contribution in [3.05, 3.63) is 21.1 Å². The quantitative estimate of drug-likeness (QED) is 0.878. The van der Waals surface area contributed by atoms with Crippen molar-refractivity contribution in [3.8, 4) is 11.5 Å². The molecule has 6 heteroatoms. The Hall–Kier alpha value is -1.01. The van der Waals surface area contributed by atoms with Crippen LogP contribution in [-0.4, -0.2) is 15.0 Å². The molecule has 0 saturated carbocycles. The van der Waals surface area contributed by atoms with Crippen molar-refractivity contribution in [1.29, 1.82) is 0 Å². The van der Waals surface area contributed by atoms with Gasteiger partial charge < -0.3 is 5.73 Å². The van der Waals surface area contributed by atoms with Crippen LogP contribution in [-0.2, 0) is 5.41 Å². The number of nitrogen functional groups attached to an aromatic ring is 1. The Morgan fingerprint density at radius 2 is 2.00 bits per heavy atom. The Morgan fingerprint density at radius 1 is 1.29 bits per heavy atom. The third-order valence-corrected chi connectivity index (χ3v) is 4.03. The number of halogens is 1. The summed E-state index contributed by atoms with van der Waals surface area (Å²) in [7, 11) is 0. The molecule has 4 nitrogen and oxygen atoms in total. The summed E-state index contributed by atoms with van der Waals surface area (Å²) in [5.74, 6) is 0.998. The van der Waals surface area contributed by atoms with Gasteiger partial charge in [0.1, 0.15) is 11.5 Å². The maximum Gasteiger partial charge on any atom is 0.181 e. The number of hydrogen-bond donors (Lipinski definition) is 1. The molecule has 0 aliphatic rings. The van der Waals surface area contributed by atoms with Crippen molar-refractivity contribution in [1.82, 2.24) is 15.0 Å². The maximum atomic E-state index is 5.73. The van der Waals surface area contributed by atoms with Crippen LogP contribution in [0.1, 0.15) is 25.8 Å². The average molecular weight is 313 g/mol. The molecule has 2 N–H and O–H groups in total. The van der Waals surface area contributed by atoms with E-state index in [1.165, 1.54) is 0 Å². The predicted molar refractivity (Wildman–Crippen MR) is 74.0 cm³/mol. The lowest BCUT2D eigenvalue weighted by Crippen LogP contribution is -2.10. The number of anilines is 1. The Kier molecular flexibility index (Phi) is 3.18. The van der Waals surface area contributed by atoms with Gasteiger partial charge in [-0.1, -0.05) is 20.8 Å². The average Bonchev–Trinajstić information content (AvgIpc) is 2.70.